The van der Waals surface area contributed by atoms with Gasteiger partial charge < -0.3 is 4.84 Å². The fourth-order valence-corrected chi connectivity index (χ4v) is 2.23. The molecule has 1 aromatic rings. The Balaban J connectivity index is 2.92. The van der Waals surface area contributed by atoms with E-state index in [-0.39, 0.29) is 5.54 Å². The molecule has 0 saturated carbocycles. The Hall–Kier alpha value is -0.620. The Kier molecular flexibility index (Phi) is 5.16. The molecule has 0 aromatic carbocycles. The van der Waals surface area contributed by atoms with Crippen LogP contribution in [0, 0.1) is 0 Å². The lowest BCUT2D eigenvalue weighted by atomic mass is 9.99. The van der Waals surface area contributed by atoms with Crippen LogP contribution in [0.5, 0.6) is 0 Å². The molecule has 0 aliphatic heterocycles. The van der Waals surface area contributed by atoms with E-state index in [1.807, 2.05) is 27.2 Å². The van der Waals surface area contributed by atoms with Gasteiger partial charge in [-0.1, -0.05) is 0 Å². The molecular weight excluding hydrogens is 271 g/mol. The van der Waals surface area contributed by atoms with Crippen LogP contribution in [-0.2, 0) is 17.4 Å². The van der Waals surface area contributed by atoms with E-state index in [0.717, 1.165) is 17.5 Å². The van der Waals surface area contributed by atoms with Gasteiger partial charge in [0.1, 0.15) is 5.03 Å². The smallest absolute Gasteiger partial charge is 0.359 e. The normalized spacial score (nSPS) is 11.9. The molecule has 6 nitrogen and oxygen atoms in total. The number of rotatable bonds is 4. The molecule has 0 saturated heterocycles. The van der Waals surface area contributed by atoms with Crippen molar-refractivity contribution < 1.29 is 9.63 Å². The Labute approximate surface area is 114 Å². The molecule has 1 rings (SSSR count). The summed E-state index contributed by atoms with van der Waals surface area (Å²) in [5.74, 6) is 0. The second-order valence-electron chi connectivity index (χ2n) is 4.52. The Morgan fingerprint density at radius 3 is 2.72 bits per heavy atom. The van der Waals surface area contributed by atoms with Gasteiger partial charge in [-0.15, -0.1) is 5.25 Å². The monoisotopic (exact) mass is 290 g/mol. The molecular formula is C10H19N4O2PS. The predicted molar refractivity (Wildman–Crippen MR) is 75.1 cm³/mol. The molecule has 0 bridgehead atoms. The molecule has 8 heteroatoms. The lowest BCUT2D eigenvalue weighted by Crippen LogP contribution is -2.37. The third-order valence-electron chi connectivity index (χ3n) is 2.93. The highest BCUT2D eigenvalue weighted by Gasteiger charge is 2.27. The highest BCUT2D eigenvalue weighted by molar-refractivity contribution is 8.13. The van der Waals surface area contributed by atoms with Crippen LogP contribution < -0.4 is 5.25 Å². The second-order valence-corrected chi connectivity index (χ2v) is 5.71. The van der Waals surface area contributed by atoms with Gasteiger partial charge in [0.05, 0.1) is 11.2 Å². The molecule has 1 heterocycles. The lowest BCUT2D eigenvalue weighted by Gasteiger charge is -2.32. The minimum atomic E-state index is -0.447. The molecule has 0 aliphatic carbocycles. The summed E-state index contributed by atoms with van der Waals surface area (Å²) in [4.78, 5) is 18.0. The van der Waals surface area contributed by atoms with E-state index in [0.29, 0.717) is 5.03 Å². The Morgan fingerprint density at radius 2 is 2.22 bits per heavy atom. The maximum absolute atomic E-state index is 11.3. The number of aromatic nitrogens is 2. The summed E-state index contributed by atoms with van der Waals surface area (Å²) in [5, 5.41) is 6.73. The SMILES string of the molecule is CN(C)C(C)(C)c1cc(SC(=O)ONP)nn1C. The van der Waals surface area contributed by atoms with Crippen molar-refractivity contribution >= 4 is 26.5 Å². The molecule has 0 radical (unpaired) electrons. The first-order valence-electron chi connectivity index (χ1n) is 5.35. The van der Waals surface area contributed by atoms with Crippen LogP contribution in [0.1, 0.15) is 19.5 Å². The third kappa shape index (κ3) is 3.45. The quantitative estimate of drug-likeness (QED) is 0.518. The van der Waals surface area contributed by atoms with Gasteiger partial charge in [-0.2, -0.15) is 5.10 Å². The summed E-state index contributed by atoms with van der Waals surface area (Å²) in [6.07, 6.45) is 0. The highest BCUT2D eigenvalue weighted by atomic mass is 32.2. The number of aryl methyl sites for hydroxylation is 1. The number of nitrogens with zero attached hydrogens (tertiary/aromatic N) is 3. The largest absolute Gasteiger partial charge is 0.392 e. The number of nitrogens with one attached hydrogen (secondary N) is 1. The van der Waals surface area contributed by atoms with Crippen LogP contribution in [0.25, 0.3) is 0 Å². The molecule has 0 fully saturated rings. The van der Waals surface area contributed by atoms with E-state index in [1.54, 1.807) is 4.68 Å². The van der Waals surface area contributed by atoms with Crippen LogP contribution in [0.2, 0.25) is 0 Å². The molecule has 1 aromatic heterocycles. The topological polar surface area (TPSA) is 59.4 Å². The fraction of sp³-hybridized carbons (Fsp3) is 0.600. The van der Waals surface area contributed by atoms with Crippen molar-refractivity contribution in [1.29, 1.82) is 0 Å². The fourth-order valence-electron chi connectivity index (χ4n) is 1.45. The van der Waals surface area contributed by atoms with Crippen LogP contribution in [-0.4, -0.2) is 34.1 Å². The average molecular weight is 290 g/mol. The van der Waals surface area contributed by atoms with Crippen molar-refractivity contribution in [2.24, 2.45) is 7.05 Å². The minimum Gasteiger partial charge on any atom is -0.359 e. The van der Waals surface area contributed by atoms with Crippen molar-refractivity contribution in [2.75, 3.05) is 14.1 Å². The number of thioether (sulfide) groups is 1. The van der Waals surface area contributed by atoms with Gasteiger partial charge in [-0.25, -0.2) is 4.79 Å². The first-order chi connectivity index (χ1) is 8.28. The summed E-state index contributed by atoms with van der Waals surface area (Å²) in [7, 11) is 7.97. The van der Waals surface area contributed by atoms with Crippen molar-refractivity contribution in [3.63, 3.8) is 0 Å². The van der Waals surface area contributed by atoms with Crippen LogP contribution >= 0.6 is 21.2 Å². The number of carbonyl (C=O) groups is 1. The maximum atomic E-state index is 11.3. The molecule has 18 heavy (non-hydrogen) atoms. The third-order valence-corrected chi connectivity index (χ3v) is 3.71. The van der Waals surface area contributed by atoms with Gasteiger partial charge in [0.2, 0.25) is 0 Å². The Morgan fingerprint density at radius 1 is 1.61 bits per heavy atom. The number of hydrogen-bond donors (Lipinski definition) is 1. The molecule has 0 aliphatic rings. The number of hydrogen-bond acceptors (Lipinski definition) is 6. The van der Waals surface area contributed by atoms with Crippen LogP contribution in [0.4, 0.5) is 4.79 Å². The van der Waals surface area contributed by atoms with Crippen molar-refractivity contribution in [3.8, 4) is 0 Å². The zero-order valence-electron chi connectivity index (χ0n) is 11.2. The summed E-state index contributed by atoms with van der Waals surface area (Å²) < 4.78 is 1.78. The van der Waals surface area contributed by atoms with Crippen LogP contribution in [0.15, 0.2) is 11.1 Å². The van der Waals surface area contributed by atoms with E-state index < -0.39 is 5.30 Å². The van der Waals surface area contributed by atoms with E-state index in [2.05, 4.69) is 43.3 Å². The molecule has 0 spiro atoms. The zero-order chi connectivity index (χ0) is 13.9. The minimum absolute atomic E-state index is 0.163. The van der Waals surface area contributed by atoms with E-state index >= 15 is 0 Å². The predicted octanol–water partition coefficient (Wildman–Crippen LogP) is 1.74. The highest BCUT2D eigenvalue weighted by Crippen LogP contribution is 2.29. The molecule has 1 atom stereocenters. The second kappa shape index (κ2) is 6.02. The van der Waals surface area contributed by atoms with Gasteiger partial charge in [0.25, 0.3) is 0 Å². The van der Waals surface area contributed by atoms with Gasteiger partial charge in [0, 0.05) is 18.8 Å². The van der Waals surface area contributed by atoms with Crippen LogP contribution in [0.3, 0.4) is 0 Å². The van der Waals surface area contributed by atoms with Gasteiger partial charge in [-0.05, 0) is 43.4 Å². The van der Waals surface area contributed by atoms with Gasteiger partial charge >= 0.3 is 5.30 Å². The lowest BCUT2D eigenvalue weighted by molar-refractivity contribution is 0.158. The molecule has 1 unspecified atom stereocenters. The average Bonchev–Trinajstić information content (AvgIpc) is 2.59. The molecule has 102 valence electrons. The number of carbonyl (C=O) groups excluding carboxylic acids is 1. The molecule has 1 N–H and O–H groups in total. The summed E-state index contributed by atoms with van der Waals surface area (Å²) in [5.41, 5.74) is 0.866. The standard InChI is InChI=1S/C10H19N4O2PS/c1-10(2,13(3)4)7-6-8(11-14(7)5)18-9(15)16-12-17/h6,12H,17H2,1-5H3. The Bertz CT molecular complexity index is 434. The zero-order valence-corrected chi connectivity index (χ0v) is 13.2. The van der Waals surface area contributed by atoms with E-state index in [1.165, 1.54) is 0 Å². The first-order valence-corrected chi connectivity index (χ1v) is 6.74. The summed E-state index contributed by atoms with van der Waals surface area (Å²) in [6.45, 7) is 4.20. The van der Waals surface area contributed by atoms with E-state index in [4.69, 9.17) is 0 Å². The van der Waals surface area contributed by atoms with Gasteiger partial charge in [-0.3, -0.25) is 9.58 Å². The van der Waals surface area contributed by atoms with Crippen molar-refractivity contribution in [3.05, 3.63) is 11.8 Å². The van der Waals surface area contributed by atoms with Crippen molar-refractivity contribution in [1.82, 2.24) is 19.9 Å². The molecule has 0 amide bonds. The summed E-state index contributed by atoms with van der Waals surface area (Å²) in [6, 6.07) is 1.90. The summed E-state index contributed by atoms with van der Waals surface area (Å²) >= 11 is 0.944. The maximum Gasteiger partial charge on any atom is 0.392 e. The van der Waals surface area contributed by atoms with E-state index in [9.17, 15) is 4.79 Å². The first kappa shape index (κ1) is 15.4. The van der Waals surface area contributed by atoms with Gasteiger partial charge in [0.15, 0.2) is 0 Å². The van der Waals surface area contributed by atoms with Crippen molar-refractivity contribution in [2.45, 2.75) is 24.4 Å².